The third kappa shape index (κ3) is 4.60. The van der Waals surface area contributed by atoms with Crippen molar-refractivity contribution in [3.05, 3.63) is 20.8 Å². The summed E-state index contributed by atoms with van der Waals surface area (Å²) in [4.78, 5) is 0.978. The SMILES string of the molecule is NCCCS(=O)(=O)NCc1sccc1Br. The maximum atomic E-state index is 11.4. The molecule has 3 N–H and O–H groups in total. The van der Waals surface area contributed by atoms with Crippen LogP contribution in [0.1, 0.15) is 11.3 Å². The average Bonchev–Trinajstić information content (AvgIpc) is 2.58. The van der Waals surface area contributed by atoms with Gasteiger partial charge in [0, 0.05) is 15.9 Å². The van der Waals surface area contributed by atoms with E-state index >= 15 is 0 Å². The Balaban J connectivity index is 2.46. The molecule has 0 radical (unpaired) electrons. The highest BCUT2D eigenvalue weighted by Crippen LogP contribution is 2.22. The van der Waals surface area contributed by atoms with Crippen molar-refractivity contribution < 1.29 is 8.42 Å². The van der Waals surface area contributed by atoms with Crippen molar-refractivity contribution in [3.63, 3.8) is 0 Å². The van der Waals surface area contributed by atoms with Crippen LogP contribution in [0.25, 0.3) is 0 Å². The van der Waals surface area contributed by atoms with Crippen LogP contribution in [-0.2, 0) is 16.6 Å². The molecule has 1 heterocycles. The van der Waals surface area contributed by atoms with E-state index in [1.807, 2.05) is 11.4 Å². The lowest BCUT2D eigenvalue weighted by molar-refractivity contribution is 0.579. The molecular formula is C8H13BrN2O2S2. The summed E-state index contributed by atoms with van der Waals surface area (Å²) in [6.07, 6.45) is 0.487. The van der Waals surface area contributed by atoms with Gasteiger partial charge in [0.25, 0.3) is 0 Å². The first-order valence-electron chi connectivity index (χ1n) is 4.44. The summed E-state index contributed by atoms with van der Waals surface area (Å²) in [5.74, 6) is 0.0898. The molecule has 0 bridgehead atoms. The van der Waals surface area contributed by atoms with Crippen LogP contribution in [-0.4, -0.2) is 20.7 Å². The Hall–Kier alpha value is 0.0500. The van der Waals surface area contributed by atoms with Gasteiger partial charge in [0.15, 0.2) is 0 Å². The standard InChI is InChI=1S/C8H13BrN2O2S2/c9-7-2-4-14-8(7)6-11-15(12,13)5-1-3-10/h2,4,11H,1,3,5-6,10H2. The normalized spacial score (nSPS) is 11.9. The third-order valence-corrected chi connectivity index (χ3v) is 5.10. The summed E-state index contributed by atoms with van der Waals surface area (Å²) >= 11 is 4.86. The highest BCUT2D eigenvalue weighted by Gasteiger charge is 2.10. The van der Waals surface area contributed by atoms with Crippen molar-refractivity contribution in [3.8, 4) is 0 Å². The lowest BCUT2D eigenvalue weighted by Gasteiger charge is -2.04. The summed E-state index contributed by atoms with van der Waals surface area (Å²) in [5.41, 5.74) is 5.25. The van der Waals surface area contributed by atoms with Gasteiger partial charge in [-0.1, -0.05) is 0 Å². The second-order valence-corrected chi connectivity index (χ2v) is 6.76. The number of hydrogen-bond donors (Lipinski definition) is 2. The zero-order valence-corrected chi connectivity index (χ0v) is 11.3. The molecular weight excluding hydrogens is 300 g/mol. The molecule has 0 fully saturated rings. The molecule has 0 unspecified atom stereocenters. The summed E-state index contributed by atoms with van der Waals surface area (Å²) in [5, 5.41) is 1.91. The Morgan fingerprint density at radius 2 is 2.27 bits per heavy atom. The maximum Gasteiger partial charge on any atom is 0.211 e. The predicted octanol–water partition coefficient (Wildman–Crippen LogP) is 1.28. The van der Waals surface area contributed by atoms with E-state index < -0.39 is 10.0 Å². The number of nitrogens with one attached hydrogen (secondary N) is 1. The zero-order chi connectivity index (χ0) is 11.3. The monoisotopic (exact) mass is 312 g/mol. The van der Waals surface area contributed by atoms with Crippen LogP contribution in [0.2, 0.25) is 0 Å². The van der Waals surface area contributed by atoms with Gasteiger partial charge in [-0.25, -0.2) is 13.1 Å². The van der Waals surface area contributed by atoms with Crippen molar-refractivity contribution in [2.24, 2.45) is 5.73 Å². The Labute approximate surface area is 102 Å². The van der Waals surface area contributed by atoms with Gasteiger partial charge in [-0.3, -0.25) is 0 Å². The van der Waals surface area contributed by atoms with Gasteiger partial charge in [-0.15, -0.1) is 11.3 Å². The highest BCUT2D eigenvalue weighted by atomic mass is 79.9. The molecule has 0 spiro atoms. The fourth-order valence-electron chi connectivity index (χ4n) is 0.972. The molecule has 15 heavy (non-hydrogen) atoms. The molecule has 1 aromatic heterocycles. The van der Waals surface area contributed by atoms with Crippen LogP contribution < -0.4 is 10.5 Å². The highest BCUT2D eigenvalue weighted by molar-refractivity contribution is 9.10. The first kappa shape index (κ1) is 13.1. The summed E-state index contributed by atoms with van der Waals surface area (Å²) < 4.78 is 26.3. The smallest absolute Gasteiger partial charge is 0.211 e. The fourth-order valence-corrected chi connectivity index (χ4v) is 3.55. The summed E-state index contributed by atoms with van der Waals surface area (Å²) in [6, 6.07) is 1.90. The zero-order valence-electron chi connectivity index (χ0n) is 8.07. The minimum atomic E-state index is -3.18. The van der Waals surface area contributed by atoms with Crippen LogP contribution in [0.5, 0.6) is 0 Å². The Morgan fingerprint density at radius 3 is 2.80 bits per heavy atom. The number of hydrogen-bond acceptors (Lipinski definition) is 4. The molecule has 1 aromatic rings. The first-order valence-corrected chi connectivity index (χ1v) is 7.77. The van der Waals surface area contributed by atoms with Crippen molar-refractivity contribution in [1.29, 1.82) is 0 Å². The molecule has 0 saturated heterocycles. The Morgan fingerprint density at radius 1 is 1.53 bits per heavy atom. The van der Waals surface area contributed by atoms with Gasteiger partial charge >= 0.3 is 0 Å². The molecule has 0 aliphatic heterocycles. The van der Waals surface area contributed by atoms with Crippen LogP contribution in [0.3, 0.4) is 0 Å². The topological polar surface area (TPSA) is 72.2 Å². The molecule has 0 atom stereocenters. The maximum absolute atomic E-state index is 11.4. The van der Waals surface area contributed by atoms with Crippen LogP contribution in [0.15, 0.2) is 15.9 Å². The fraction of sp³-hybridized carbons (Fsp3) is 0.500. The summed E-state index contributed by atoms with van der Waals surface area (Å²) in [6.45, 7) is 0.731. The van der Waals surface area contributed by atoms with Gasteiger partial charge in [0.1, 0.15) is 0 Å². The van der Waals surface area contributed by atoms with Crippen LogP contribution >= 0.6 is 27.3 Å². The Bertz CT molecular complexity index is 403. The lowest BCUT2D eigenvalue weighted by Crippen LogP contribution is -2.26. The minimum absolute atomic E-state index is 0.0898. The lowest BCUT2D eigenvalue weighted by atomic mass is 10.5. The van der Waals surface area contributed by atoms with E-state index in [-0.39, 0.29) is 5.75 Å². The van der Waals surface area contributed by atoms with E-state index in [4.69, 9.17) is 5.73 Å². The number of halogens is 1. The van der Waals surface area contributed by atoms with Crippen LogP contribution in [0.4, 0.5) is 0 Å². The van der Waals surface area contributed by atoms with Gasteiger partial charge in [-0.2, -0.15) is 0 Å². The molecule has 1 rings (SSSR count). The van der Waals surface area contributed by atoms with E-state index in [1.54, 1.807) is 0 Å². The number of thiophene rings is 1. The minimum Gasteiger partial charge on any atom is -0.330 e. The average molecular weight is 313 g/mol. The number of sulfonamides is 1. The van der Waals surface area contributed by atoms with Crippen molar-refractivity contribution in [2.45, 2.75) is 13.0 Å². The third-order valence-electron chi connectivity index (χ3n) is 1.76. The second kappa shape index (κ2) is 5.95. The van der Waals surface area contributed by atoms with Crippen molar-refractivity contribution >= 4 is 37.3 Å². The number of nitrogens with two attached hydrogens (primary N) is 1. The predicted molar refractivity (Wildman–Crippen MR) is 66.3 cm³/mol. The van der Waals surface area contributed by atoms with Gasteiger partial charge < -0.3 is 5.73 Å². The first-order chi connectivity index (χ1) is 7.05. The molecule has 0 amide bonds. The quantitative estimate of drug-likeness (QED) is 0.831. The molecule has 4 nitrogen and oxygen atoms in total. The van der Waals surface area contributed by atoms with Crippen molar-refractivity contribution in [1.82, 2.24) is 4.72 Å². The van der Waals surface area contributed by atoms with E-state index in [2.05, 4.69) is 20.7 Å². The molecule has 86 valence electrons. The molecule has 7 heteroatoms. The van der Waals surface area contributed by atoms with E-state index in [0.717, 1.165) is 9.35 Å². The number of rotatable bonds is 6. The van der Waals surface area contributed by atoms with Gasteiger partial charge in [0.05, 0.1) is 5.75 Å². The molecule has 0 saturated carbocycles. The van der Waals surface area contributed by atoms with Crippen LogP contribution in [0, 0.1) is 0 Å². The molecule has 0 aromatic carbocycles. The Kier molecular flexibility index (Phi) is 5.20. The second-order valence-electron chi connectivity index (χ2n) is 2.97. The van der Waals surface area contributed by atoms with E-state index in [0.29, 0.717) is 19.5 Å². The summed E-state index contributed by atoms with van der Waals surface area (Å²) in [7, 11) is -3.18. The molecule has 0 aliphatic rings. The molecule has 0 aliphatic carbocycles. The van der Waals surface area contributed by atoms with Gasteiger partial charge in [-0.05, 0) is 40.3 Å². The van der Waals surface area contributed by atoms with Crippen molar-refractivity contribution in [2.75, 3.05) is 12.3 Å². The largest absolute Gasteiger partial charge is 0.330 e. The van der Waals surface area contributed by atoms with Gasteiger partial charge in [0.2, 0.25) is 10.0 Å². The van der Waals surface area contributed by atoms with E-state index in [9.17, 15) is 8.42 Å². The van der Waals surface area contributed by atoms with E-state index in [1.165, 1.54) is 11.3 Å².